The first-order chi connectivity index (χ1) is 11.2. The largest absolute Gasteiger partial charge is 0.368 e. The zero-order valence-corrected chi connectivity index (χ0v) is 14.5. The summed E-state index contributed by atoms with van der Waals surface area (Å²) in [4.78, 5) is 21.5. The van der Waals surface area contributed by atoms with Crippen molar-refractivity contribution in [3.63, 3.8) is 0 Å². The van der Waals surface area contributed by atoms with Gasteiger partial charge in [-0.05, 0) is 56.6 Å². The van der Waals surface area contributed by atoms with Gasteiger partial charge in [0.15, 0.2) is 0 Å². The molecule has 126 valence electrons. The van der Waals surface area contributed by atoms with Gasteiger partial charge in [-0.15, -0.1) is 0 Å². The van der Waals surface area contributed by atoms with Crippen LogP contribution in [0.15, 0.2) is 18.3 Å². The van der Waals surface area contributed by atoms with Crippen LogP contribution in [-0.4, -0.2) is 41.5 Å². The van der Waals surface area contributed by atoms with Crippen molar-refractivity contribution in [3.05, 3.63) is 24.0 Å². The summed E-state index contributed by atoms with van der Waals surface area (Å²) in [5.74, 6) is 0.834. The van der Waals surface area contributed by atoms with E-state index in [1.54, 1.807) is 6.20 Å². The van der Waals surface area contributed by atoms with Crippen molar-refractivity contribution in [1.29, 1.82) is 0 Å². The van der Waals surface area contributed by atoms with Gasteiger partial charge in [-0.3, -0.25) is 9.78 Å². The van der Waals surface area contributed by atoms with Gasteiger partial charge in [0.1, 0.15) is 5.69 Å². The smallest absolute Gasteiger partial charge is 0.272 e. The molecule has 2 saturated heterocycles. The van der Waals surface area contributed by atoms with Crippen molar-refractivity contribution in [2.24, 2.45) is 5.92 Å². The first-order valence-electron chi connectivity index (χ1n) is 9.21. The zero-order chi connectivity index (χ0) is 16.2. The molecule has 0 N–H and O–H groups in total. The van der Waals surface area contributed by atoms with Crippen LogP contribution in [0.3, 0.4) is 0 Å². The fourth-order valence-electron chi connectivity index (χ4n) is 3.85. The fraction of sp³-hybridized carbons (Fsp3) is 0.684. The number of piperidine rings is 2. The zero-order valence-electron chi connectivity index (χ0n) is 14.5. The van der Waals surface area contributed by atoms with Crippen LogP contribution < -0.4 is 4.90 Å². The average Bonchev–Trinajstić information content (AvgIpc) is 2.62. The summed E-state index contributed by atoms with van der Waals surface area (Å²) < 4.78 is 0. The first kappa shape index (κ1) is 16.3. The second-order valence-corrected chi connectivity index (χ2v) is 7.13. The lowest BCUT2D eigenvalue weighted by Gasteiger charge is -2.37. The number of hydrogen-bond acceptors (Lipinski definition) is 3. The molecule has 1 aromatic rings. The normalized spacial score (nSPS) is 23.1. The summed E-state index contributed by atoms with van der Waals surface area (Å²) in [6.45, 7) is 7.35. The molecule has 2 aliphatic rings. The molecule has 3 heterocycles. The Hall–Kier alpha value is -1.58. The molecule has 1 atom stereocenters. The van der Waals surface area contributed by atoms with E-state index in [0.29, 0.717) is 11.7 Å². The minimum absolute atomic E-state index is 0.101. The molecule has 1 amide bonds. The summed E-state index contributed by atoms with van der Waals surface area (Å²) in [5.41, 5.74) is 1.78. The van der Waals surface area contributed by atoms with Crippen molar-refractivity contribution >= 4 is 11.6 Å². The van der Waals surface area contributed by atoms with Gasteiger partial charge in [0, 0.05) is 37.6 Å². The SMILES string of the molecule is CCC1CCCCN1c1ccnc(C(=O)N2CCC(C)CC2)c1. The molecule has 4 heteroatoms. The molecule has 4 nitrogen and oxygen atoms in total. The Kier molecular flexibility index (Phi) is 5.19. The molecule has 1 aromatic heterocycles. The van der Waals surface area contributed by atoms with E-state index in [0.717, 1.165) is 44.8 Å². The molecule has 0 spiro atoms. The Bertz CT molecular complexity index is 537. The van der Waals surface area contributed by atoms with E-state index in [2.05, 4.69) is 29.8 Å². The number of nitrogens with zero attached hydrogens (tertiary/aromatic N) is 3. The molecule has 23 heavy (non-hydrogen) atoms. The van der Waals surface area contributed by atoms with Crippen LogP contribution >= 0.6 is 0 Å². The van der Waals surface area contributed by atoms with Gasteiger partial charge in [-0.2, -0.15) is 0 Å². The number of carbonyl (C=O) groups excluding carboxylic acids is 1. The molecular formula is C19H29N3O. The van der Waals surface area contributed by atoms with Crippen LogP contribution in [0, 0.1) is 5.92 Å². The number of anilines is 1. The van der Waals surface area contributed by atoms with Gasteiger partial charge in [-0.25, -0.2) is 0 Å². The molecule has 1 unspecified atom stereocenters. The van der Waals surface area contributed by atoms with Crippen molar-refractivity contribution in [2.45, 2.75) is 58.4 Å². The molecule has 3 rings (SSSR count). The topological polar surface area (TPSA) is 36.4 Å². The maximum Gasteiger partial charge on any atom is 0.272 e. The molecule has 0 bridgehead atoms. The van der Waals surface area contributed by atoms with Crippen LogP contribution in [0.5, 0.6) is 0 Å². The monoisotopic (exact) mass is 315 g/mol. The maximum atomic E-state index is 12.7. The fourth-order valence-corrected chi connectivity index (χ4v) is 3.85. The predicted octanol–water partition coefficient (Wildman–Crippen LogP) is 3.72. The summed E-state index contributed by atoms with van der Waals surface area (Å²) in [6, 6.07) is 4.67. The second-order valence-electron chi connectivity index (χ2n) is 7.13. The molecule has 0 aromatic carbocycles. The summed E-state index contributed by atoms with van der Waals surface area (Å²) in [6.07, 6.45) is 8.99. The Morgan fingerprint density at radius 3 is 2.74 bits per heavy atom. The van der Waals surface area contributed by atoms with Crippen LogP contribution in [0.1, 0.15) is 62.9 Å². The highest BCUT2D eigenvalue weighted by Gasteiger charge is 2.25. The number of carbonyl (C=O) groups is 1. The molecule has 2 aliphatic heterocycles. The van der Waals surface area contributed by atoms with Crippen LogP contribution in [0.4, 0.5) is 5.69 Å². The molecule has 0 aliphatic carbocycles. The molecular weight excluding hydrogens is 286 g/mol. The lowest BCUT2D eigenvalue weighted by atomic mass is 9.98. The number of rotatable bonds is 3. The Morgan fingerprint density at radius 1 is 1.22 bits per heavy atom. The third kappa shape index (κ3) is 3.67. The third-order valence-corrected chi connectivity index (χ3v) is 5.46. The van der Waals surface area contributed by atoms with Crippen molar-refractivity contribution in [2.75, 3.05) is 24.5 Å². The van der Waals surface area contributed by atoms with Crippen molar-refractivity contribution in [1.82, 2.24) is 9.88 Å². The van der Waals surface area contributed by atoms with E-state index < -0.39 is 0 Å². The Morgan fingerprint density at radius 2 is 2.00 bits per heavy atom. The molecule has 2 fully saturated rings. The lowest BCUT2D eigenvalue weighted by molar-refractivity contribution is 0.0691. The van der Waals surface area contributed by atoms with Gasteiger partial charge in [0.05, 0.1) is 0 Å². The van der Waals surface area contributed by atoms with Gasteiger partial charge >= 0.3 is 0 Å². The number of pyridine rings is 1. The highest BCUT2D eigenvalue weighted by Crippen LogP contribution is 2.27. The number of aromatic nitrogens is 1. The highest BCUT2D eigenvalue weighted by atomic mass is 16.2. The number of hydrogen-bond donors (Lipinski definition) is 0. The van der Waals surface area contributed by atoms with E-state index in [1.165, 1.54) is 24.9 Å². The van der Waals surface area contributed by atoms with Gasteiger partial charge in [-0.1, -0.05) is 13.8 Å². The first-order valence-corrected chi connectivity index (χ1v) is 9.21. The van der Waals surface area contributed by atoms with Crippen LogP contribution in [-0.2, 0) is 0 Å². The van der Waals surface area contributed by atoms with Gasteiger partial charge in [0.2, 0.25) is 0 Å². The summed E-state index contributed by atoms with van der Waals surface area (Å²) in [5, 5.41) is 0. The number of amides is 1. The van der Waals surface area contributed by atoms with Crippen molar-refractivity contribution in [3.8, 4) is 0 Å². The molecule has 0 radical (unpaired) electrons. The second kappa shape index (κ2) is 7.33. The third-order valence-electron chi connectivity index (χ3n) is 5.46. The predicted molar refractivity (Wildman–Crippen MR) is 93.8 cm³/mol. The van der Waals surface area contributed by atoms with E-state index in [-0.39, 0.29) is 5.91 Å². The van der Waals surface area contributed by atoms with E-state index in [1.807, 2.05) is 11.0 Å². The average molecular weight is 315 g/mol. The summed E-state index contributed by atoms with van der Waals surface area (Å²) in [7, 11) is 0. The van der Waals surface area contributed by atoms with Crippen LogP contribution in [0.2, 0.25) is 0 Å². The van der Waals surface area contributed by atoms with E-state index >= 15 is 0 Å². The molecule has 0 saturated carbocycles. The quantitative estimate of drug-likeness (QED) is 0.853. The minimum atomic E-state index is 0.101. The minimum Gasteiger partial charge on any atom is -0.368 e. The van der Waals surface area contributed by atoms with E-state index in [4.69, 9.17) is 0 Å². The number of likely N-dealkylation sites (tertiary alicyclic amines) is 1. The van der Waals surface area contributed by atoms with Gasteiger partial charge in [0.25, 0.3) is 5.91 Å². The highest BCUT2D eigenvalue weighted by molar-refractivity contribution is 5.93. The van der Waals surface area contributed by atoms with Crippen molar-refractivity contribution < 1.29 is 4.79 Å². The van der Waals surface area contributed by atoms with Gasteiger partial charge < -0.3 is 9.80 Å². The standard InChI is InChI=1S/C19H29N3O/c1-3-16-6-4-5-11-22(16)17-7-10-20-18(14-17)19(23)21-12-8-15(2)9-13-21/h7,10,14-16H,3-6,8-9,11-13H2,1-2H3. The van der Waals surface area contributed by atoms with Crippen LogP contribution in [0.25, 0.3) is 0 Å². The summed E-state index contributed by atoms with van der Waals surface area (Å²) >= 11 is 0. The van der Waals surface area contributed by atoms with E-state index in [9.17, 15) is 4.79 Å². The lowest BCUT2D eigenvalue weighted by Crippen LogP contribution is -2.40. The Balaban J connectivity index is 1.75. The Labute approximate surface area is 139 Å². The maximum absolute atomic E-state index is 12.7.